The minimum Gasteiger partial charge on any atom is -0.361 e. The maximum absolute atomic E-state index is 12.1. The molecular formula is C12H17N3O2S. The van der Waals surface area contributed by atoms with Gasteiger partial charge in [0.25, 0.3) is 0 Å². The summed E-state index contributed by atoms with van der Waals surface area (Å²) in [4.78, 5) is 3.42. The Morgan fingerprint density at radius 3 is 2.67 bits per heavy atom. The second kappa shape index (κ2) is 4.72. The first kappa shape index (κ1) is 13.1. The summed E-state index contributed by atoms with van der Waals surface area (Å²) in [6, 6.07) is 5.10. The molecule has 0 atom stereocenters. The molecule has 0 radical (unpaired) electrons. The van der Waals surface area contributed by atoms with Gasteiger partial charge in [0.05, 0.1) is 4.90 Å². The molecule has 2 rings (SSSR count). The Morgan fingerprint density at radius 2 is 2.06 bits per heavy atom. The first-order valence-corrected chi connectivity index (χ1v) is 7.13. The lowest BCUT2D eigenvalue weighted by molar-refractivity contribution is 0.521. The van der Waals surface area contributed by atoms with Crippen LogP contribution in [0.3, 0.4) is 0 Å². The van der Waals surface area contributed by atoms with Crippen LogP contribution >= 0.6 is 0 Å². The van der Waals surface area contributed by atoms with Crippen LogP contribution in [0.1, 0.15) is 5.56 Å². The van der Waals surface area contributed by atoms with Crippen molar-refractivity contribution >= 4 is 20.9 Å². The van der Waals surface area contributed by atoms with Gasteiger partial charge in [-0.25, -0.2) is 12.7 Å². The Labute approximate surface area is 107 Å². The van der Waals surface area contributed by atoms with E-state index in [1.165, 1.54) is 18.4 Å². The van der Waals surface area contributed by atoms with E-state index < -0.39 is 10.0 Å². The summed E-state index contributed by atoms with van der Waals surface area (Å²) < 4.78 is 25.3. The van der Waals surface area contributed by atoms with E-state index in [9.17, 15) is 8.42 Å². The average molecular weight is 267 g/mol. The van der Waals surface area contributed by atoms with Gasteiger partial charge in [0.1, 0.15) is 0 Å². The van der Waals surface area contributed by atoms with Gasteiger partial charge >= 0.3 is 0 Å². The third-order valence-corrected chi connectivity index (χ3v) is 4.74. The highest BCUT2D eigenvalue weighted by atomic mass is 32.2. The van der Waals surface area contributed by atoms with Gasteiger partial charge in [-0.15, -0.1) is 0 Å². The van der Waals surface area contributed by atoms with E-state index in [0.717, 1.165) is 22.9 Å². The summed E-state index contributed by atoms with van der Waals surface area (Å²) in [7, 11) is -0.339. The van der Waals surface area contributed by atoms with E-state index in [4.69, 9.17) is 5.73 Å². The molecule has 0 saturated carbocycles. The van der Waals surface area contributed by atoms with Crippen LogP contribution in [0.15, 0.2) is 29.3 Å². The van der Waals surface area contributed by atoms with Crippen molar-refractivity contribution in [3.8, 4) is 0 Å². The number of rotatable bonds is 4. The molecule has 3 N–H and O–H groups in total. The van der Waals surface area contributed by atoms with Crippen molar-refractivity contribution in [2.45, 2.75) is 11.3 Å². The summed E-state index contributed by atoms with van der Waals surface area (Å²) in [5, 5.41) is 0.920. The van der Waals surface area contributed by atoms with Crippen LogP contribution in [0.2, 0.25) is 0 Å². The van der Waals surface area contributed by atoms with Gasteiger partial charge in [0.15, 0.2) is 0 Å². The number of nitrogens with one attached hydrogen (secondary N) is 1. The second-order valence-corrected chi connectivity index (χ2v) is 6.50. The predicted molar refractivity (Wildman–Crippen MR) is 71.9 cm³/mol. The Kier molecular flexibility index (Phi) is 3.43. The van der Waals surface area contributed by atoms with Crippen LogP contribution in [-0.2, 0) is 16.4 Å². The number of fused-ring (bicyclic) bond motifs is 1. The molecule has 6 heteroatoms. The quantitative estimate of drug-likeness (QED) is 0.864. The summed E-state index contributed by atoms with van der Waals surface area (Å²) in [6.45, 7) is 0.539. The van der Waals surface area contributed by atoms with Gasteiger partial charge < -0.3 is 10.7 Å². The van der Waals surface area contributed by atoms with E-state index in [0.29, 0.717) is 11.4 Å². The SMILES string of the molecule is CN(C)S(=O)(=O)c1ccc2[nH]cc(CCN)c2c1. The molecule has 0 aliphatic heterocycles. The van der Waals surface area contributed by atoms with Crippen LogP contribution in [0.4, 0.5) is 0 Å². The third kappa shape index (κ3) is 2.14. The van der Waals surface area contributed by atoms with Crippen LogP contribution in [0, 0.1) is 0 Å². The molecule has 1 aromatic heterocycles. The highest BCUT2D eigenvalue weighted by Crippen LogP contribution is 2.23. The standard InChI is InChI=1S/C12H17N3O2S/c1-15(2)18(16,17)10-3-4-12-11(7-10)9(5-6-13)8-14-12/h3-4,7-8,14H,5-6,13H2,1-2H3. The minimum absolute atomic E-state index is 0.304. The summed E-state index contributed by atoms with van der Waals surface area (Å²) in [5.74, 6) is 0. The fraction of sp³-hybridized carbons (Fsp3) is 0.333. The van der Waals surface area contributed by atoms with Gasteiger partial charge in [0, 0.05) is 31.2 Å². The summed E-state index contributed by atoms with van der Waals surface area (Å²) in [5.41, 5.74) is 7.51. The number of hydrogen-bond acceptors (Lipinski definition) is 3. The molecule has 0 amide bonds. The van der Waals surface area contributed by atoms with Crippen LogP contribution in [0.25, 0.3) is 10.9 Å². The molecular weight excluding hydrogens is 250 g/mol. The maximum Gasteiger partial charge on any atom is 0.242 e. The maximum atomic E-state index is 12.1. The molecule has 2 aromatic rings. The number of H-pyrrole nitrogens is 1. The van der Waals surface area contributed by atoms with Gasteiger partial charge in [-0.05, 0) is 36.7 Å². The highest BCUT2D eigenvalue weighted by molar-refractivity contribution is 7.89. The Bertz CT molecular complexity index is 659. The number of sulfonamides is 1. The number of nitrogens with two attached hydrogens (primary N) is 1. The number of hydrogen-bond donors (Lipinski definition) is 2. The minimum atomic E-state index is -3.39. The van der Waals surface area contributed by atoms with Crippen LogP contribution in [0.5, 0.6) is 0 Å². The first-order valence-electron chi connectivity index (χ1n) is 5.69. The van der Waals surface area contributed by atoms with Crippen LogP contribution in [-0.4, -0.2) is 38.3 Å². The second-order valence-electron chi connectivity index (χ2n) is 4.35. The highest BCUT2D eigenvalue weighted by Gasteiger charge is 2.18. The number of aromatic nitrogens is 1. The molecule has 0 bridgehead atoms. The Hall–Kier alpha value is -1.37. The van der Waals surface area contributed by atoms with E-state index in [1.807, 2.05) is 6.20 Å². The average Bonchev–Trinajstić information content (AvgIpc) is 2.72. The van der Waals surface area contributed by atoms with Gasteiger partial charge in [-0.3, -0.25) is 0 Å². The lowest BCUT2D eigenvalue weighted by Crippen LogP contribution is -2.22. The molecule has 0 aliphatic carbocycles. The number of aromatic amines is 1. The Balaban J connectivity index is 2.59. The van der Waals surface area contributed by atoms with Crippen molar-refractivity contribution in [1.29, 1.82) is 0 Å². The van der Waals surface area contributed by atoms with Crippen molar-refractivity contribution in [1.82, 2.24) is 9.29 Å². The molecule has 0 unspecified atom stereocenters. The molecule has 0 fully saturated rings. The Morgan fingerprint density at radius 1 is 1.33 bits per heavy atom. The van der Waals surface area contributed by atoms with E-state index in [-0.39, 0.29) is 0 Å². The smallest absolute Gasteiger partial charge is 0.242 e. The fourth-order valence-electron chi connectivity index (χ4n) is 1.89. The van der Waals surface area contributed by atoms with Crippen LogP contribution < -0.4 is 5.73 Å². The fourth-order valence-corrected chi connectivity index (χ4v) is 2.82. The van der Waals surface area contributed by atoms with Crippen molar-refractivity contribution in [3.05, 3.63) is 30.0 Å². The molecule has 5 nitrogen and oxygen atoms in total. The largest absolute Gasteiger partial charge is 0.361 e. The number of nitrogens with zero attached hydrogens (tertiary/aromatic N) is 1. The van der Waals surface area contributed by atoms with Gasteiger partial charge in [-0.1, -0.05) is 0 Å². The molecule has 0 saturated heterocycles. The molecule has 0 spiro atoms. The molecule has 1 heterocycles. The molecule has 0 aliphatic rings. The molecule has 18 heavy (non-hydrogen) atoms. The molecule has 1 aromatic carbocycles. The lowest BCUT2D eigenvalue weighted by Gasteiger charge is -2.11. The van der Waals surface area contributed by atoms with E-state index in [1.54, 1.807) is 18.2 Å². The van der Waals surface area contributed by atoms with Crippen molar-refractivity contribution in [2.75, 3.05) is 20.6 Å². The summed E-state index contributed by atoms with van der Waals surface area (Å²) >= 11 is 0. The summed E-state index contributed by atoms with van der Waals surface area (Å²) in [6.07, 6.45) is 2.61. The van der Waals surface area contributed by atoms with Gasteiger partial charge in [0.2, 0.25) is 10.0 Å². The van der Waals surface area contributed by atoms with E-state index >= 15 is 0 Å². The van der Waals surface area contributed by atoms with Crippen molar-refractivity contribution < 1.29 is 8.42 Å². The normalized spacial score (nSPS) is 12.4. The monoisotopic (exact) mass is 267 g/mol. The van der Waals surface area contributed by atoms with Crippen molar-refractivity contribution in [3.63, 3.8) is 0 Å². The topological polar surface area (TPSA) is 79.2 Å². The number of benzene rings is 1. The predicted octanol–water partition coefficient (Wildman–Crippen LogP) is 0.919. The molecule has 98 valence electrons. The first-order chi connectivity index (χ1) is 8.46. The zero-order valence-electron chi connectivity index (χ0n) is 10.5. The van der Waals surface area contributed by atoms with Gasteiger partial charge in [-0.2, -0.15) is 0 Å². The zero-order chi connectivity index (χ0) is 13.3. The zero-order valence-corrected chi connectivity index (χ0v) is 11.3. The van der Waals surface area contributed by atoms with Crippen molar-refractivity contribution in [2.24, 2.45) is 5.73 Å². The lowest BCUT2D eigenvalue weighted by atomic mass is 10.1. The third-order valence-electron chi connectivity index (χ3n) is 2.93. The van der Waals surface area contributed by atoms with E-state index in [2.05, 4.69) is 4.98 Å².